The van der Waals surface area contributed by atoms with Gasteiger partial charge >= 0.3 is 0 Å². The van der Waals surface area contributed by atoms with Gasteiger partial charge < -0.3 is 19.9 Å². The number of nitrogens with one attached hydrogen (secondary N) is 1. The van der Waals surface area contributed by atoms with E-state index in [1.54, 1.807) is 6.07 Å². The fraction of sp³-hybridized carbons (Fsp3) is 0.286. The Labute approximate surface area is 131 Å². The van der Waals surface area contributed by atoms with Crippen molar-refractivity contribution < 1.29 is 19.4 Å². The summed E-state index contributed by atoms with van der Waals surface area (Å²) in [5, 5.41) is 21.3. The Morgan fingerprint density at radius 3 is 2.81 bits per heavy atom. The van der Waals surface area contributed by atoms with E-state index in [-0.39, 0.29) is 17.1 Å². The molecule has 0 bridgehead atoms. The number of rotatable bonds is 6. The maximum absolute atomic E-state index is 11.8. The minimum absolute atomic E-state index is 0.0438. The summed E-state index contributed by atoms with van der Waals surface area (Å²) in [6, 6.07) is 4.95. The lowest BCUT2D eigenvalue weighted by molar-refractivity contribution is -0.117. The van der Waals surface area contributed by atoms with Crippen LogP contribution in [-0.2, 0) is 9.53 Å². The number of carbonyl (C=O) groups excluding carboxylic acids is 1. The van der Waals surface area contributed by atoms with E-state index in [0.717, 1.165) is 0 Å². The predicted octanol–water partition coefficient (Wildman–Crippen LogP) is 1.83. The summed E-state index contributed by atoms with van der Waals surface area (Å²) in [6.45, 7) is 0.681. The molecular formula is C14H15BrN2O4. The molecule has 21 heavy (non-hydrogen) atoms. The molecule has 0 saturated heterocycles. The van der Waals surface area contributed by atoms with E-state index in [1.807, 2.05) is 6.07 Å². The Morgan fingerprint density at radius 1 is 1.52 bits per heavy atom. The highest BCUT2D eigenvalue weighted by Crippen LogP contribution is 2.35. The number of carbonyl (C=O) groups is 1. The van der Waals surface area contributed by atoms with Crippen LogP contribution in [0.15, 0.2) is 22.2 Å². The van der Waals surface area contributed by atoms with Crippen molar-refractivity contribution in [1.29, 1.82) is 5.26 Å². The molecule has 0 atom stereocenters. The zero-order chi connectivity index (χ0) is 15.8. The fourth-order valence-electron chi connectivity index (χ4n) is 1.51. The third-order valence-electron chi connectivity index (χ3n) is 2.54. The number of nitrogens with zero attached hydrogens (tertiary/aromatic N) is 1. The van der Waals surface area contributed by atoms with Crippen LogP contribution < -0.4 is 10.1 Å². The molecule has 1 aromatic carbocycles. The normalized spacial score (nSPS) is 10.9. The fourth-order valence-corrected chi connectivity index (χ4v) is 1.97. The summed E-state index contributed by atoms with van der Waals surface area (Å²) in [5.74, 6) is -0.289. The molecule has 0 heterocycles. The lowest BCUT2D eigenvalue weighted by atomic mass is 10.1. The third-order valence-corrected chi connectivity index (χ3v) is 3.14. The molecular weight excluding hydrogens is 340 g/mol. The number of phenols is 1. The number of hydrogen-bond donors (Lipinski definition) is 2. The molecule has 0 aromatic heterocycles. The third kappa shape index (κ3) is 4.77. The van der Waals surface area contributed by atoms with E-state index < -0.39 is 5.91 Å². The molecule has 0 aliphatic carbocycles. The Hall–Kier alpha value is -2.04. The van der Waals surface area contributed by atoms with Gasteiger partial charge in [0, 0.05) is 13.7 Å². The number of phenolic OH excluding ortho intramolecular Hbond substituents is 1. The summed E-state index contributed by atoms with van der Waals surface area (Å²) in [4.78, 5) is 11.8. The van der Waals surface area contributed by atoms with E-state index in [0.29, 0.717) is 23.2 Å². The molecule has 112 valence electrons. The first-order valence-corrected chi connectivity index (χ1v) is 6.78. The molecule has 0 radical (unpaired) electrons. The lowest BCUT2D eigenvalue weighted by Gasteiger charge is -2.07. The van der Waals surface area contributed by atoms with Gasteiger partial charge in [-0.15, -0.1) is 0 Å². The van der Waals surface area contributed by atoms with Gasteiger partial charge in [0.2, 0.25) is 0 Å². The topological polar surface area (TPSA) is 91.6 Å². The van der Waals surface area contributed by atoms with Crippen LogP contribution in [-0.4, -0.2) is 38.4 Å². The molecule has 0 spiro atoms. The number of aromatic hydroxyl groups is 1. The van der Waals surface area contributed by atoms with Gasteiger partial charge in [0.05, 0.1) is 18.2 Å². The number of hydrogen-bond acceptors (Lipinski definition) is 5. The zero-order valence-electron chi connectivity index (χ0n) is 11.6. The van der Waals surface area contributed by atoms with Gasteiger partial charge in [0.25, 0.3) is 5.91 Å². The first-order valence-electron chi connectivity index (χ1n) is 5.99. The van der Waals surface area contributed by atoms with Gasteiger partial charge in [-0.3, -0.25) is 4.79 Å². The van der Waals surface area contributed by atoms with Gasteiger partial charge in [0.1, 0.15) is 11.6 Å². The van der Waals surface area contributed by atoms with Crippen molar-refractivity contribution in [1.82, 2.24) is 5.32 Å². The summed E-state index contributed by atoms with van der Waals surface area (Å²) in [6.07, 6.45) is 1.41. The maximum Gasteiger partial charge on any atom is 0.262 e. The van der Waals surface area contributed by atoms with Gasteiger partial charge in [0.15, 0.2) is 11.5 Å². The predicted molar refractivity (Wildman–Crippen MR) is 80.8 cm³/mol. The molecule has 7 heteroatoms. The molecule has 0 unspecified atom stereocenters. The lowest BCUT2D eigenvalue weighted by Crippen LogP contribution is -2.27. The Bertz CT molecular complexity index is 593. The zero-order valence-corrected chi connectivity index (χ0v) is 13.2. The maximum atomic E-state index is 11.8. The molecule has 6 nitrogen and oxygen atoms in total. The number of methoxy groups -OCH3 is 2. The van der Waals surface area contributed by atoms with Crippen LogP contribution in [0, 0.1) is 11.3 Å². The number of halogens is 1. The van der Waals surface area contributed by atoms with E-state index in [4.69, 9.17) is 14.7 Å². The summed E-state index contributed by atoms with van der Waals surface area (Å²) in [7, 11) is 2.94. The van der Waals surface area contributed by atoms with Crippen LogP contribution in [0.3, 0.4) is 0 Å². The molecule has 1 rings (SSSR count). The minimum Gasteiger partial charge on any atom is -0.503 e. The smallest absolute Gasteiger partial charge is 0.262 e. The standard InChI is InChI=1S/C14H15BrN2O4/c1-20-4-3-17-14(19)10(8-16)5-9-6-11(15)13(18)12(7-9)21-2/h5-7,18H,3-4H2,1-2H3,(H,17,19)/b10-5+. The highest BCUT2D eigenvalue weighted by Gasteiger charge is 2.11. The molecule has 0 saturated carbocycles. The van der Waals surface area contributed by atoms with Crippen LogP contribution in [0.2, 0.25) is 0 Å². The molecule has 0 aliphatic heterocycles. The largest absolute Gasteiger partial charge is 0.503 e. The van der Waals surface area contributed by atoms with Crippen molar-refractivity contribution in [3.05, 3.63) is 27.7 Å². The SMILES string of the molecule is COCCNC(=O)/C(C#N)=C/c1cc(Br)c(O)c(OC)c1. The first-order chi connectivity index (χ1) is 10.0. The second kappa shape index (κ2) is 8.29. The van der Waals surface area contributed by atoms with Crippen LogP contribution >= 0.6 is 15.9 Å². The van der Waals surface area contributed by atoms with Crippen LogP contribution in [0.4, 0.5) is 0 Å². The quantitative estimate of drug-likeness (QED) is 0.462. The number of benzene rings is 1. The van der Waals surface area contributed by atoms with E-state index in [2.05, 4.69) is 21.2 Å². The highest BCUT2D eigenvalue weighted by atomic mass is 79.9. The van der Waals surface area contributed by atoms with Crippen LogP contribution in [0.5, 0.6) is 11.5 Å². The second-order valence-electron chi connectivity index (χ2n) is 3.97. The van der Waals surface area contributed by atoms with Crippen molar-refractivity contribution in [2.45, 2.75) is 0 Å². The average molecular weight is 355 g/mol. The van der Waals surface area contributed by atoms with Crippen LogP contribution in [0.25, 0.3) is 6.08 Å². The van der Waals surface area contributed by atoms with Gasteiger partial charge in [-0.1, -0.05) is 0 Å². The monoisotopic (exact) mass is 354 g/mol. The van der Waals surface area contributed by atoms with Crippen LogP contribution in [0.1, 0.15) is 5.56 Å². The Morgan fingerprint density at radius 2 is 2.24 bits per heavy atom. The first kappa shape index (κ1) is 17.0. The van der Waals surface area contributed by atoms with Crippen molar-refractivity contribution in [2.75, 3.05) is 27.4 Å². The summed E-state index contributed by atoms with van der Waals surface area (Å²) < 4.78 is 10.2. The molecule has 1 amide bonds. The van der Waals surface area contributed by atoms with Crippen molar-refractivity contribution in [3.63, 3.8) is 0 Å². The molecule has 0 aliphatic rings. The van der Waals surface area contributed by atoms with Gasteiger partial charge in [-0.25, -0.2) is 0 Å². The molecule has 2 N–H and O–H groups in total. The summed E-state index contributed by atoms with van der Waals surface area (Å²) >= 11 is 3.18. The summed E-state index contributed by atoms with van der Waals surface area (Å²) in [5.41, 5.74) is 0.501. The van der Waals surface area contributed by atoms with E-state index in [9.17, 15) is 9.90 Å². The molecule has 1 aromatic rings. The number of nitriles is 1. The van der Waals surface area contributed by atoms with E-state index in [1.165, 1.54) is 26.4 Å². The highest BCUT2D eigenvalue weighted by molar-refractivity contribution is 9.10. The average Bonchev–Trinajstić information content (AvgIpc) is 2.48. The second-order valence-corrected chi connectivity index (χ2v) is 4.83. The number of ether oxygens (including phenoxy) is 2. The van der Waals surface area contributed by atoms with Gasteiger partial charge in [-0.2, -0.15) is 5.26 Å². The van der Waals surface area contributed by atoms with Gasteiger partial charge in [-0.05, 0) is 39.7 Å². The van der Waals surface area contributed by atoms with Crippen molar-refractivity contribution >= 4 is 27.9 Å². The minimum atomic E-state index is -0.488. The van der Waals surface area contributed by atoms with Crippen molar-refractivity contribution in [3.8, 4) is 17.6 Å². The number of amides is 1. The molecule has 0 fully saturated rings. The Balaban J connectivity index is 3.01. The van der Waals surface area contributed by atoms with E-state index >= 15 is 0 Å². The Kier molecular flexibility index (Phi) is 6.72. The van der Waals surface area contributed by atoms with Crippen molar-refractivity contribution in [2.24, 2.45) is 0 Å².